The van der Waals surface area contributed by atoms with Crippen molar-refractivity contribution in [3.8, 4) is 0 Å². The molecule has 2 aliphatic rings. The van der Waals surface area contributed by atoms with Gasteiger partial charge in [-0.25, -0.2) is 4.79 Å². The first-order valence-corrected chi connectivity index (χ1v) is 12.1. The van der Waals surface area contributed by atoms with E-state index in [1.165, 1.54) is 30.7 Å². The Kier molecular flexibility index (Phi) is 8.32. The first-order chi connectivity index (χ1) is 16.2. The summed E-state index contributed by atoms with van der Waals surface area (Å²) in [6.45, 7) is 1.29. The third-order valence-corrected chi connectivity index (χ3v) is 6.85. The number of rotatable bonds is 10. The van der Waals surface area contributed by atoms with Crippen LogP contribution in [0.1, 0.15) is 62.2 Å². The van der Waals surface area contributed by atoms with Gasteiger partial charge in [0.2, 0.25) is 0 Å². The number of allylic oxidation sites excluding steroid dienone is 1. The van der Waals surface area contributed by atoms with Gasteiger partial charge in [0.15, 0.2) is 0 Å². The number of carbonyl (C=O) groups is 1. The van der Waals surface area contributed by atoms with Crippen molar-refractivity contribution in [3.05, 3.63) is 83.9 Å². The van der Waals surface area contributed by atoms with Crippen molar-refractivity contribution in [2.75, 3.05) is 13.7 Å². The fraction of sp³-hybridized carbons (Fsp3) is 0.464. The van der Waals surface area contributed by atoms with Gasteiger partial charge in [-0.15, -0.1) is 0 Å². The van der Waals surface area contributed by atoms with E-state index in [2.05, 4.69) is 47.5 Å². The number of carbonyl (C=O) groups excluding carboxylic acids is 1. The predicted octanol–water partition coefficient (Wildman–Crippen LogP) is 5.77. The molecule has 4 rings (SSSR count). The van der Waals surface area contributed by atoms with Crippen LogP contribution in [0.25, 0.3) is 0 Å². The van der Waals surface area contributed by atoms with E-state index in [1.807, 2.05) is 24.3 Å². The molecule has 5 nitrogen and oxygen atoms in total. The van der Waals surface area contributed by atoms with Gasteiger partial charge in [-0.1, -0.05) is 66.7 Å². The van der Waals surface area contributed by atoms with Crippen molar-refractivity contribution in [2.45, 2.75) is 69.2 Å². The van der Waals surface area contributed by atoms with Crippen LogP contribution in [0.2, 0.25) is 0 Å². The smallest absolute Gasteiger partial charge is 0.330 e. The van der Waals surface area contributed by atoms with E-state index in [4.69, 9.17) is 14.3 Å². The standard InChI is InChI=1S/C28H35NO4/c1-31-27(30)17-9-4-10-18-28-19-11-16-25(22-32-21-23-12-5-2-6-13-23)29(28)33-26(20-28)24-14-7-3-8-15-24/h2-3,5-9,12-15,17,25-26H,4,10-11,16,18-22H2,1H3/b17-9-/t25-,26+,28-/m0/s1. The van der Waals surface area contributed by atoms with Gasteiger partial charge in [-0.05, 0) is 49.7 Å². The molecule has 0 aromatic heterocycles. The fourth-order valence-corrected chi connectivity index (χ4v) is 5.21. The maximum Gasteiger partial charge on any atom is 0.330 e. The zero-order valence-corrected chi connectivity index (χ0v) is 19.5. The van der Waals surface area contributed by atoms with E-state index < -0.39 is 0 Å². The SMILES string of the molecule is COC(=O)/C=C\CCC[C@@]12CCC[C@@H](COCc3ccccc3)N1O[C@@H](c1ccccc1)C2. The number of hydrogen-bond acceptors (Lipinski definition) is 5. The van der Waals surface area contributed by atoms with Crippen LogP contribution < -0.4 is 0 Å². The summed E-state index contributed by atoms with van der Waals surface area (Å²) in [5.74, 6) is -0.295. The molecule has 5 heteroatoms. The molecule has 0 aliphatic carbocycles. The van der Waals surface area contributed by atoms with Crippen LogP contribution in [0.3, 0.4) is 0 Å². The van der Waals surface area contributed by atoms with Crippen LogP contribution in [-0.4, -0.2) is 36.3 Å². The second-order valence-corrected chi connectivity index (χ2v) is 9.12. The maximum atomic E-state index is 11.4. The average molecular weight is 450 g/mol. The summed E-state index contributed by atoms with van der Waals surface area (Å²) in [6, 6.07) is 21.1. The molecule has 0 bridgehead atoms. The van der Waals surface area contributed by atoms with E-state index >= 15 is 0 Å². The molecule has 3 atom stereocenters. The van der Waals surface area contributed by atoms with Gasteiger partial charge < -0.3 is 9.47 Å². The molecular weight excluding hydrogens is 414 g/mol. The minimum absolute atomic E-state index is 0.0125. The summed E-state index contributed by atoms with van der Waals surface area (Å²) in [5.41, 5.74) is 2.45. The van der Waals surface area contributed by atoms with Gasteiger partial charge in [-0.2, -0.15) is 5.06 Å². The minimum Gasteiger partial charge on any atom is -0.466 e. The van der Waals surface area contributed by atoms with Crippen molar-refractivity contribution in [2.24, 2.45) is 0 Å². The summed E-state index contributed by atoms with van der Waals surface area (Å²) < 4.78 is 10.8. The second kappa shape index (κ2) is 11.6. The fourth-order valence-electron chi connectivity index (χ4n) is 5.21. The molecule has 0 saturated carbocycles. The number of nitrogens with zero attached hydrogens (tertiary/aromatic N) is 1. The molecule has 33 heavy (non-hydrogen) atoms. The number of esters is 1. The van der Waals surface area contributed by atoms with Gasteiger partial charge in [0, 0.05) is 18.0 Å². The number of piperidine rings is 1. The van der Waals surface area contributed by atoms with Crippen molar-refractivity contribution in [1.82, 2.24) is 5.06 Å². The van der Waals surface area contributed by atoms with E-state index in [0.29, 0.717) is 13.2 Å². The van der Waals surface area contributed by atoms with Gasteiger partial charge in [0.05, 0.1) is 26.4 Å². The third kappa shape index (κ3) is 6.11. The molecular formula is C28H35NO4. The molecule has 0 N–H and O–H groups in total. The summed E-state index contributed by atoms with van der Waals surface area (Å²) in [6.07, 6.45) is 10.8. The Labute approximate surface area is 197 Å². The lowest BCUT2D eigenvalue weighted by molar-refractivity contribution is -0.240. The Bertz CT molecular complexity index is 901. The molecule has 2 saturated heterocycles. The minimum atomic E-state index is -0.295. The van der Waals surface area contributed by atoms with Gasteiger partial charge in [-0.3, -0.25) is 4.84 Å². The third-order valence-electron chi connectivity index (χ3n) is 6.85. The van der Waals surface area contributed by atoms with Crippen LogP contribution >= 0.6 is 0 Å². The lowest BCUT2D eigenvalue weighted by Crippen LogP contribution is -2.53. The van der Waals surface area contributed by atoms with Crippen LogP contribution in [0, 0.1) is 0 Å². The highest BCUT2D eigenvalue weighted by Gasteiger charge is 2.51. The molecule has 0 radical (unpaired) electrons. The number of ether oxygens (including phenoxy) is 2. The van der Waals surface area contributed by atoms with Crippen LogP contribution in [0.5, 0.6) is 0 Å². The topological polar surface area (TPSA) is 48.0 Å². The van der Waals surface area contributed by atoms with Crippen molar-refractivity contribution in [1.29, 1.82) is 0 Å². The number of methoxy groups -OCH3 is 1. The largest absolute Gasteiger partial charge is 0.466 e. The Morgan fingerprint density at radius 2 is 1.91 bits per heavy atom. The summed E-state index contributed by atoms with van der Waals surface area (Å²) in [7, 11) is 1.41. The normalized spacial score (nSPS) is 25.2. The molecule has 2 fully saturated rings. The quantitative estimate of drug-likeness (QED) is 0.262. The maximum absolute atomic E-state index is 11.4. The molecule has 2 heterocycles. The molecule has 0 unspecified atom stereocenters. The summed E-state index contributed by atoms with van der Waals surface area (Å²) in [4.78, 5) is 18.0. The Hall–Kier alpha value is -2.47. The van der Waals surface area contributed by atoms with Gasteiger partial charge >= 0.3 is 5.97 Å². The highest BCUT2D eigenvalue weighted by molar-refractivity contribution is 5.81. The zero-order valence-electron chi connectivity index (χ0n) is 19.5. The number of unbranched alkanes of at least 4 members (excludes halogenated alkanes) is 1. The van der Waals surface area contributed by atoms with Gasteiger partial charge in [0.25, 0.3) is 0 Å². The Morgan fingerprint density at radius 3 is 2.67 bits per heavy atom. The lowest BCUT2D eigenvalue weighted by Gasteiger charge is -2.45. The molecule has 176 valence electrons. The average Bonchev–Trinajstić information content (AvgIpc) is 3.25. The van der Waals surface area contributed by atoms with Crippen molar-refractivity contribution in [3.63, 3.8) is 0 Å². The van der Waals surface area contributed by atoms with Crippen LogP contribution in [-0.2, 0) is 25.7 Å². The lowest BCUT2D eigenvalue weighted by atomic mass is 9.78. The number of fused-ring (bicyclic) bond motifs is 1. The Morgan fingerprint density at radius 1 is 1.15 bits per heavy atom. The molecule has 2 aromatic carbocycles. The Balaban J connectivity index is 1.42. The second-order valence-electron chi connectivity index (χ2n) is 9.12. The van der Waals surface area contributed by atoms with Crippen molar-refractivity contribution < 1.29 is 19.1 Å². The predicted molar refractivity (Wildman–Crippen MR) is 128 cm³/mol. The van der Waals surface area contributed by atoms with Crippen LogP contribution in [0.15, 0.2) is 72.8 Å². The zero-order chi connectivity index (χ0) is 22.9. The van der Waals surface area contributed by atoms with Gasteiger partial charge in [0.1, 0.15) is 6.10 Å². The van der Waals surface area contributed by atoms with Crippen LogP contribution in [0.4, 0.5) is 0 Å². The monoisotopic (exact) mass is 449 g/mol. The number of hydroxylamine groups is 2. The summed E-state index contributed by atoms with van der Waals surface area (Å²) in [5, 5.41) is 2.29. The highest BCUT2D eigenvalue weighted by atomic mass is 16.7. The van der Waals surface area contributed by atoms with E-state index in [9.17, 15) is 4.79 Å². The molecule has 2 aromatic rings. The van der Waals surface area contributed by atoms with E-state index in [0.717, 1.165) is 38.5 Å². The molecule has 2 aliphatic heterocycles. The molecule has 0 amide bonds. The first-order valence-electron chi connectivity index (χ1n) is 12.1. The molecule has 0 spiro atoms. The number of hydrogen-bond donors (Lipinski definition) is 0. The number of benzene rings is 2. The van der Waals surface area contributed by atoms with E-state index in [-0.39, 0.29) is 23.7 Å². The summed E-state index contributed by atoms with van der Waals surface area (Å²) >= 11 is 0. The first kappa shape index (κ1) is 23.7. The van der Waals surface area contributed by atoms with E-state index in [1.54, 1.807) is 0 Å². The van der Waals surface area contributed by atoms with Crippen molar-refractivity contribution >= 4 is 5.97 Å². The highest BCUT2D eigenvalue weighted by Crippen LogP contribution is 2.50.